The molecule has 2 unspecified atom stereocenters. The van der Waals surface area contributed by atoms with Gasteiger partial charge in [-0.1, -0.05) is 0 Å². The Kier molecular flexibility index (Phi) is 6.97. The highest BCUT2D eigenvalue weighted by Crippen LogP contribution is 2.11. The molecule has 0 saturated carbocycles. The first-order chi connectivity index (χ1) is 9.47. The Morgan fingerprint density at radius 3 is 2.70 bits per heavy atom. The molecule has 1 amide bonds. The van der Waals surface area contributed by atoms with Gasteiger partial charge in [0.05, 0.1) is 0 Å². The number of halogens is 1. The summed E-state index contributed by atoms with van der Waals surface area (Å²) in [5.74, 6) is -0.0313. The van der Waals surface area contributed by atoms with E-state index in [1.165, 1.54) is 24.3 Å². The summed E-state index contributed by atoms with van der Waals surface area (Å²) in [6.07, 6.45) is 0.122. The highest BCUT2D eigenvalue weighted by Gasteiger charge is 2.08. The average molecular weight is 284 g/mol. The van der Waals surface area contributed by atoms with Crippen molar-refractivity contribution in [2.75, 3.05) is 13.2 Å². The Bertz CT molecular complexity index is 409. The molecule has 0 aromatic heterocycles. The predicted molar refractivity (Wildman–Crippen MR) is 73.8 cm³/mol. The molecule has 6 heteroatoms. The maximum absolute atomic E-state index is 12.7. The van der Waals surface area contributed by atoms with E-state index >= 15 is 0 Å². The second-order valence-electron chi connectivity index (χ2n) is 4.74. The van der Waals surface area contributed by atoms with E-state index in [0.29, 0.717) is 18.6 Å². The van der Waals surface area contributed by atoms with Crippen molar-refractivity contribution in [3.8, 4) is 5.75 Å². The highest BCUT2D eigenvalue weighted by molar-refractivity contribution is 5.75. The number of aliphatic hydroxyl groups excluding tert-OH is 1. The molecule has 0 aliphatic heterocycles. The second kappa shape index (κ2) is 8.50. The number of hydrogen-bond donors (Lipinski definition) is 3. The van der Waals surface area contributed by atoms with Crippen LogP contribution in [0.1, 0.15) is 19.8 Å². The molecule has 2 atom stereocenters. The number of carbonyl (C=O) groups excluding carboxylic acids is 1. The van der Waals surface area contributed by atoms with Gasteiger partial charge < -0.3 is 20.9 Å². The number of nitrogens with one attached hydrogen (secondary N) is 1. The highest BCUT2D eigenvalue weighted by atomic mass is 19.1. The SMILES string of the molecule is CC(N)CCC(=O)NCC(O)COc1ccc(F)cc1. The number of amides is 1. The minimum absolute atomic E-state index is 0.0208. The van der Waals surface area contributed by atoms with Crippen molar-refractivity contribution in [3.05, 3.63) is 30.1 Å². The van der Waals surface area contributed by atoms with Crippen LogP contribution in [0.25, 0.3) is 0 Å². The van der Waals surface area contributed by atoms with Crippen molar-refractivity contribution in [3.63, 3.8) is 0 Å². The Morgan fingerprint density at radius 1 is 1.45 bits per heavy atom. The molecule has 0 aliphatic carbocycles. The monoisotopic (exact) mass is 284 g/mol. The van der Waals surface area contributed by atoms with Gasteiger partial charge in [-0.05, 0) is 37.6 Å². The molecular weight excluding hydrogens is 263 g/mol. The quantitative estimate of drug-likeness (QED) is 0.659. The molecule has 4 N–H and O–H groups in total. The molecule has 1 rings (SSSR count). The lowest BCUT2D eigenvalue weighted by Crippen LogP contribution is -2.35. The van der Waals surface area contributed by atoms with Crippen LogP contribution in [-0.4, -0.2) is 36.3 Å². The third-order valence-corrected chi connectivity index (χ3v) is 2.62. The van der Waals surface area contributed by atoms with E-state index in [2.05, 4.69) is 5.32 Å². The Hall–Kier alpha value is -1.66. The first-order valence-corrected chi connectivity index (χ1v) is 6.56. The number of aliphatic hydroxyl groups is 1. The van der Waals surface area contributed by atoms with Crippen LogP contribution in [0.3, 0.4) is 0 Å². The summed E-state index contributed by atoms with van der Waals surface area (Å²) in [7, 11) is 0. The van der Waals surface area contributed by atoms with Crippen molar-refractivity contribution in [2.45, 2.75) is 31.9 Å². The van der Waals surface area contributed by atoms with Crippen LogP contribution in [0.15, 0.2) is 24.3 Å². The lowest BCUT2D eigenvalue weighted by atomic mass is 10.2. The summed E-state index contributed by atoms with van der Waals surface area (Å²) in [6.45, 7) is 1.97. The minimum Gasteiger partial charge on any atom is -0.491 e. The van der Waals surface area contributed by atoms with Crippen molar-refractivity contribution in [2.24, 2.45) is 5.73 Å². The smallest absolute Gasteiger partial charge is 0.220 e. The Labute approximate surface area is 117 Å². The van der Waals surface area contributed by atoms with Crippen molar-refractivity contribution in [1.29, 1.82) is 0 Å². The largest absolute Gasteiger partial charge is 0.491 e. The molecule has 0 saturated heterocycles. The summed E-state index contributed by atoms with van der Waals surface area (Å²) in [5.41, 5.74) is 5.54. The first kappa shape index (κ1) is 16.4. The van der Waals surface area contributed by atoms with Crippen LogP contribution in [-0.2, 0) is 4.79 Å². The minimum atomic E-state index is -0.820. The molecule has 112 valence electrons. The van der Waals surface area contributed by atoms with Gasteiger partial charge >= 0.3 is 0 Å². The van der Waals surface area contributed by atoms with Crippen molar-refractivity contribution < 1.29 is 19.0 Å². The van der Waals surface area contributed by atoms with Gasteiger partial charge in [0.2, 0.25) is 5.91 Å². The summed E-state index contributed by atoms with van der Waals surface area (Å²) < 4.78 is 17.9. The van der Waals surface area contributed by atoms with E-state index < -0.39 is 6.10 Å². The van der Waals surface area contributed by atoms with Gasteiger partial charge in [-0.15, -0.1) is 0 Å². The summed E-state index contributed by atoms with van der Waals surface area (Å²) in [4.78, 5) is 11.4. The molecule has 20 heavy (non-hydrogen) atoms. The molecule has 0 spiro atoms. The van der Waals surface area contributed by atoms with Crippen LogP contribution in [0, 0.1) is 5.82 Å². The molecule has 0 bridgehead atoms. The average Bonchev–Trinajstić information content (AvgIpc) is 2.42. The van der Waals surface area contributed by atoms with E-state index in [9.17, 15) is 14.3 Å². The molecule has 0 fully saturated rings. The van der Waals surface area contributed by atoms with Gasteiger partial charge in [0.1, 0.15) is 24.3 Å². The second-order valence-corrected chi connectivity index (χ2v) is 4.74. The molecule has 0 aliphatic rings. The maximum Gasteiger partial charge on any atom is 0.220 e. The number of ether oxygens (including phenoxy) is 1. The van der Waals surface area contributed by atoms with E-state index in [1.54, 1.807) is 0 Å². The van der Waals surface area contributed by atoms with E-state index in [0.717, 1.165) is 0 Å². The van der Waals surface area contributed by atoms with Gasteiger partial charge in [-0.2, -0.15) is 0 Å². The zero-order valence-electron chi connectivity index (χ0n) is 11.5. The normalized spacial score (nSPS) is 13.6. The van der Waals surface area contributed by atoms with Gasteiger partial charge in [0.15, 0.2) is 0 Å². The lowest BCUT2D eigenvalue weighted by Gasteiger charge is -2.13. The third-order valence-electron chi connectivity index (χ3n) is 2.62. The molecule has 0 heterocycles. The third kappa shape index (κ3) is 7.06. The Morgan fingerprint density at radius 2 is 2.10 bits per heavy atom. The Balaban J connectivity index is 2.18. The zero-order chi connectivity index (χ0) is 15.0. The van der Waals surface area contributed by atoms with Crippen LogP contribution >= 0.6 is 0 Å². The molecule has 0 radical (unpaired) electrons. The van der Waals surface area contributed by atoms with E-state index in [1.807, 2.05) is 6.92 Å². The standard InChI is InChI=1S/C14H21FN2O3/c1-10(16)2-7-14(19)17-8-12(18)9-20-13-5-3-11(15)4-6-13/h3-6,10,12,18H,2,7-9,16H2,1H3,(H,17,19). The van der Waals surface area contributed by atoms with Gasteiger partial charge in [0, 0.05) is 19.0 Å². The van der Waals surface area contributed by atoms with Crippen LogP contribution in [0.2, 0.25) is 0 Å². The zero-order valence-corrected chi connectivity index (χ0v) is 11.5. The number of rotatable bonds is 8. The number of carbonyl (C=O) groups is 1. The van der Waals surface area contributed by atoms with E-state index in [4.69, 9.17) is 10.5 Å². The number of nitrogens with two attached hydrogens (primary N) is 1. The molecule has 1 aromatic rings. The van der Waals surface area contributed by atoms with Crippen LogP contribution < -0.4 is 15.8 Å². The van der Waals surface area contributed by atoms with Crippen LogP contribution in [0.5, 0.6) is 5.75 Å². The lowest BCUT2D eigenvalue weighted by molar-refractivity contribution is -0.121. The topological polar surface area (TPSA) is 84.6 Å². The van der Waals surface area contributed by atoms with Crippen LogP contribution in [0.4, 0.5) is 4.39 Å². The summed E-state index contributed by atoms with van der Waals surface area (Å²) in [5, 5.41) is 12.3. The fraction of sp³-hybridized carbons (Fsp3) is 0.500. The number of hydrogen-bond acceptors (Lipinski definition) is 4. The van der Waals surface area contributed by atoms with Gasteiger partial charge in [0.25, 0.3) is 0 Å². The fourth-order valence-corrected chi connectivity index (χ4v) is 1.46. The summed E-state index contributed by atoms with van der Waals surface area (Å²) in [6, 6.07) is 5.48. The van der Waals surface area contributed by atoms with Crippen molar-refractivity contribution >= 4 is 5.91 Å². The molecule has 5 nitrogen and oxygen atoms in total. The fourth-order valence-electron chi connectivity index (χ4n) is 1.46. The molecule has 1 aromatic carbocycles. The maximum atomic E-state index is 12.7. The van der Waals surface area contributed by atoms with Gasteiger partial charge in [-0.3, -0.25) is 4.79 Å². The van der Waals surface area contributed by atoms with E-state index in [-0.39, 0.29) is 30.9 Å². The summed E-state index contributed by atoms with van der Waals surface area (Å²) >= 11 is 0. The first-order valence-electron chi connectivity index (χ1n) is 6.56. The predicted octanol–water partition coefficient (Wildman–Crippen LogP) is 0.809. The molecular formula is C14H21FN2O3. The van der Waals surface area contributed by atoms with Gasteiger partial charge in [-0.25, -0.2) is 4.39 Å². The number of benzene rings is 1. The van der Waals surface area contributed by atoms with Crippen molar-refractivity contribution in [1.82, 2.24) is 5.32 Å².